The molecule has 0 bridgehead atoms. The van der Waals surface area contributed by atoms with Crippen LogP contribution in [-0.2, 0) is 20.7 Å². The van der Waals surface area contributed by atoms with E-state index >= 15 is 0 Å². The number of unbranched alkanes of at least 4 members (excludes halogenated alkanes) is 1. The molecule has 0 aliphatic heterocycles. The summed E-state index contributed by atoms with van der Waals surface area (Å²) < 4.78 is 5.27. The number of halogens is 2. The fourth-order valence-electron chi connectivity index (χ4n) is 2.26. The van der Waals surface area contributed by atoms with Gasteiger partial charge in [0, 0.05) is 6.42 Å². The maximum atomic E-state index is 12.5. The molecule has 0 spiro atoms. The van der Waals surface area contributed by atoms with Crippen molar-refractivity contribution in [2.24, 2.45) is 5.41 Å². The highest BCUT2D eigenvalue weighted by Crippen LogP contribution is 2.32. The zero-order valence-corrected chi connectivity index (χ0v) is 15.2. The number of aliphatic carboxylic acids is 1. The van der Waals surface area contributed by atoms with E-state index in [2.05, 4.69) is 0 Å². The Kier molecular flexibility index (Phi) is 7.70. The van der Waals surface area contributed by atoms with Crippen molar-refractivity contribution in [3.05, 3.63) is 33.8 Å². The zero-order valence-electron chi connectivity index (χ0n) is 13.7. The van der Waals surface area contributed by atoms with Crippen molar-refractivity contribution in [2.75, 3.05) is 6.61 Å². The van der Waals surface area contributed by atoms with Crippen molar-refractivity contribution in [2.45, 2.75) is 39.5 Å². The average molecular weight is 374 g/mol. The van der Waals surface area contributed by atoms with E-state index in [1.54, 1.807) is 25.1 Å². The first kappa shape index (κ1) is 20.5. The van der Waals surface area contributed by atoms with E-state index in [-0.39, 0.29) is 19.4 Å². The molecule has 0 amide bonds. The Morgan fingerprint density at radius 2 is 1.96 bits per heavy atom. The summed E-state index contributed by atoms with van der Waals surface area (Å²) in [5.74, 6) is -1.87. The second-order valence-corrected chi connectivity index (χ2v) is 6.75. The second-order valence-electron chi connectivity index (χ2n) is 5.94. The maximum Gasteiger partial charge on any atom is 0.349 e. The predicted molar refractivity (Wildman–Crippen MR) is 94.1 cm³/mol. The fourth-order valence-corrected chi connectivity index (χ4v) is 2.58. The Labute approximate surface area is 151 Å². The molecule has 24 heavy (non-hydrogen) atoms. The quantitative estimate of drug-likeness (QED) is 0.381. The predicted octanol–water partition coefficient (Wildman–Crippen LogP) is 4.38. The number of carboxylic acid groups (broad SMARTS) is 1. The van der Waals surface area contributed by atoms with Crippen molar-refractivity contribution < 1.29 is 19.4 Å². The molecule has 0 aliphatic rings. The summed E-state index contributed by atoms with van der Waals surface area (Å²) in [4.78, 5) is 23.5. The van der Waals surface area contributed by atoms with Crippen molar-refractivity contribution >= 4 is 40.9 Å². The number of rotatable bonds is 9. The van der Waals surface area contributed by atoms with E-state index in [4.69, 9.17) is 38.5 Å². The number of carbonyl (C=O) groups is 2. The lowest BCUT2D eigenvalue weighted by molar-refractivity contribution is -0.154. The first-order valence-electron chi connectivity index (χ1n) is 7.61. The highest BCUT2D eigenvalue weighted by molar-refractivity contribution is 6.42. The Hall–Kier alpha value is -1.59. The molecule has 1 unspecified atom stereocenters. The van der Waals surface area contributed by atoms with Gasteiger partial charge in [-0.2, -0.15) is 0 Å². The van der Waals surface area contributed by atoms with Crippen molar-refractivity contribution in [3.63, 3.8) is 0 Å². The minimum absolute atomic E-state index is 0.199. The van der Waals surface area contributed by atoms with E-state index in [0.29, 0.717) is 10.0 Å². The molecule has 5 nitrogen and oxygen atoms in total. The largest absolute Gasteiger partial charge is 0.477 e. The SMILES string of the molecule is CCCCOC(=O)C(C)(CC(=N)C(=O)O)Cc1ccc(Cl)c(Cl)c1. The Morgan fingerprint density at radius 3 is 2.50 bits per heavy atom. The van der Waals surface area contributed by atoms with Gasteiger partial charge in [0.1, 0.15) is 5.71 Å². The van der Waals surface area contributed by atoms with Gasteiger partial charge in [-0.1, -0.05) is 42.6 Å². The zero-order chi connectivity index (χ0) is 18.3. The molecule has 7 heteroatoms. The van der Waals surface area contributed by atoms with E-state index in [1.165, 1.54) is 0 Å². The van der Waals surface area contributed by atoms with Gasteiger partial charge in [0.05, 0.1) is 22.1 Å². The third-order valence-corrected chi connectivity index (χ3v) is 4.37. The van der Waals surface area contributed by atoms with Gasteiger partial charge in [0.25, 0.3) is 0 Å². The summed E-state index contributed by atoms with van der Waals surface area (Å²) in [5, 5.41) is 17.3. The van der Waals surface area contributed by atoms with Gasteiger partial charge >= 0.3 is 11.9 Å². The lowest BCUT2D eigenvalue weighted by Crippen LogP contribution is -2.36. The van der Waals surface area contributed by atoms with Crippen molar-refractivity contribution in [3.8, 4) is 0 Å². The Bertz CT molecular complexity index is 633. The van der Waals surface area contributed by atoms with Crippen LogP contribution in [0, 0.1) is 10.8 Å². The van der Waals surface area contributed by atoms with Crippen LogP contribution in [0.2, 0.25) is 10.0 Å². The van der Waals surface area contributed by atoms with Crippen molar-refractivity contribution in [1.82, 2.24) is 0 Å². The first-order valence-corrected chi connectivity index (χ1v) is 8.37. The Morgan fingerprint density at radius 1 is 1.29 bits per heavy atom. The average Bonchev–Trinajstić information content (AvgIpc) is 2.50. The van der Waals surface area contributed by atoms with E-state index in [1.807, 2.05) is 6.92 Å². The van der Waals surface area contributed by atoms with Crippen LogP contribution in [0.5, 0.6) is 0 Å². The Balaban J connectivity index is 3.02. The summed E-state index contributed by atoms with van der Waals surface area (Å²) in [7, 11) is 0. The number of nitrogens with one attached hydrogen (secondary N) is 1. The minimum Gasteiger partial charge on any atom is -0.477 e. The molecule has 0 radical (unpaired) electrons. The molecule has 1 atom stereocenters. The molecule has 2 N–H and O–H groups in total. The number of hydrogen-bond acceptors (Lipinski definition) is 4. The summed E-state index contributed by atoms with van der Waals surface area (Å²) in [5.41, 5.74) is -0.983. The van der Waals surface area contributed by atoms with Gasteiger partial charge in [-0.05, 0) is 37.5 Å². The highest BCUT2D eigenvalue weighted by Gasteiger charge is 2.37. The summed E-state index contributed by atoms with van der Waals surface area (Å²) >= 11 is 11.9. The van der Waals surface area contributed by atoms with Gasteiger partial charge in [-0.25, -0.2) is 4.79 Å². The first-order chi connectivity index (χ1) is 11.2. The van der Waals surface area contributed by atoms with Gasteiger partial charge in [0.15, 0.2) is 0 Å². The molecule has 1 aromatic carbocycles. The van der Waals surface area contributed by atoms with E-state index in [0.717, 1.165) is 18.4 Å². The van der Waals surface area contributed by atoms with Crippen LogP contribution >= 0.6 is 23.2 Å². The van der Waals surface area contributed by atoms with Crippen LogP contribution in [0.15, 0.2) is 18.2 Å². The van der Waals surface area contributed by atoms with Crippen LogP contribution in [0.4, 0.5) is 0 Å². The van der Waals surface area contributed by atoms with Crippen LogP contribution in [-0.4, -0.2) is 29.4 Å². The molecular weight excluding hydrogens is 353 g/mol. The van der Waals surface area contributed by atoms with E-state index in [9.17, 15) is 9.59 Å². The molecule has 1 rings (SSSR count). The fraction of sp³-hybridized carbons (Fsp3) is 0.471. The number of esters is 1. The second kappa shape index (κ2) is 9.04. The third kappa shape index (κ3) is 5.80. The number of benzene rings is 1. The standard InChI is InChI=1S/C17H21Cl2NO4/c1-3-4-7-24-16(23)17(2,10-14(20)15(21)22)9-11-5-6-12(18)13(19)8-11/h5-6,8,20H,3-4,7,9-10H2,1-2H3,(H,21,22). The van der Waals surface area contributed by atoms with Crippen LogP contribution in [0.1, 0.15) is 38.7 Å². The smallest absolute Gasteiger partial charge is 0.349 e. The van der Waals surface area contributed by atoms with Gasteiger partial charge in [0.2, 0.25) is 0 Å². The molecule has 0 saturated heterocycles. The molecular formula is C17H21Cl2NO4. The normalized spacial score (nSPS) is 13.2. The van der Waals surface area contributed by atoms with Crippen molar-refractivity contribution in [1.29, 1.82) is 5.41 Å². The van der Waals surface area contributed by atoms with Crippen LogP contribution in [0.3, 0.4) is 0 Å². The lowest BCUT2D eigenvalue weighted by atomic mass is 9.79. The number of ether oxygens (including phenoxy) is 1. The molecule has 0 aromatic heterocycles. The van der Waals surface area contributed by atoms with Gasteiger partial charge in [-0.15, -0.1) is 0 Å². The number of carbonyl (C=O) groups excluding carboxylic acids is 1. The van der Waals surface area contributed by atoms with Gasteiger partial charge < -0.3 is 9.84 Å². The molecule has 0 saturated carbocycles. The highest BCUT2D eigenvalue weighted by atomic mass is 35.5. The molecule has 0 fully saturated rings. The van der Waals surface area contributed by atoms with Crippen LogP contribution in [0.25, 0.3) is 0 Å². The number of carboxylic acids is 1. The van der Waals surface area contributed by atoms with Gasteiger partial charge in [-0.3, -0.25) is 10.2 Å². The number of hydrogen-bond donors (Lipinski definition) is 2. The summed E-state index contributed by atoms with van der Waals surface area (Å²) in [6, 6.07) is 4.96. The minimum atomic E-state index is -1.35. The lowest BCUT2D eigenvalue weighted by Gasteiger charge is -2.27. The topological polar surface area (TPSA) is 87.5 Å². The van der Waals surface area contributed by atoms with Crippen LogP contribution < -0.4 is 0 Å². The van der Waals surface area contributed by atoms with E-state index < -0.39 is 23.1 Å². The molecule has 0 heterocycles. The molecule has 132 valence electrons. The summed E-state index contributed by atoms with van der Waals surface area (Å²) in [6.45, 7) is 3.84. The summed E-state index contributed by atoms with van der Waals surface area (Å²) in [6.07, 6.45) is 1.57. The molecule has 1 aromatic rings. The third-order valence-electron chi connectivity index (χ3n) is 3.63. The monoisotopic (exact) mass is 373 g/mol. The maximum absolute atomic E-state index is 12.5. The molecule has 0 aliphatic carbocycles.